The molecule has 0 heterocycles. The molecule has 0 aliphatic rings. The molecule has 2 nitrogen and oxygen atoms in total. The lowest BCUT2D eigenvalue weighted by molar-refractivity contribution is 0.0814. The summed E-state index contributed by atoms with van der Waals surface area (Å²) in [4.78, 5) is 0. The Morgan fingerprint density at radius 2 is 2.14 bits per heavy atom. The van der Waals surface area contributed by atoms with E-state index in [1.54, 1.807) is 12.1 Å². The topological polar surface area (TPSA) is 35.2 Å². The molecule has 2 N–H and O–H groups in total. The van der Waals surface area contributed by atoms with Crippen molar-refractivity contribution < 1.29 is 13.5 Å². The SMILES string of the molecule is Cc1ccc(OCC(F)F)c(CN)c1. The van der Waals surface area contributed by atoms with Gasteiger partial charge in [-0.3, -0.25) is 0 Å². The average Bonchev–Trinajstić information content (AvgIpc) is 2.15. The maximum atomic E-state index is 11.9. The highest BCUT2D eigenvalue weighted by atomic mass is 19.3. The summed E-state index contributed by atoms with van der Waals surface area (Å²) in [6.07, 6.45) is -2.46. The molecule has 0 saturated carbocycles. The van der Waals surface area contributed by atoms with E-state index in [4.69, 9.17) is 10.5 Å². The number of hydrogen-bond donors (Lipinski definition) is 1. The highest BCUT2D eigenvalue weighted by molar-refractivity contribution is 5.36. The van der Waals surface area contributed by atoms with Gasteiger partial charge in [0.05, 0.1) is 0 Å². The fourth-order valence-corrected chi connectivity index (χ4v) is 1.16. The van der Waals surface area contributed by atoms with E-state index in [-0.39, 0.29) is 0 Å². The molecule has 78 valence electrons. The van der Waals surface area contributed by atoms with Crippen LogP contribution in [0.1, 0.15) is 11.1 Å². The van der Waals surface area contributed by atoms with Crippen molar-refractivity contribution in [2.24, 2.45) is 5.73 Å². The second kappa shape index (κ2) is 4.91. The van der Waals surface area contributed by atoms with E-state index in [9.17, 15) is 8.78 Å². The molecule has 0 aliphatic heterocycles. The Kier molecular flexibility index (Phi) is 3.83. The van der Waals surface area contributed by atoms with Crippen LogP contribution in [0.25, 0.3) is 0 Å². The molecule has 0 radical (unpaired) electrons. The molecule has 0 amide bonds. The first-order valence-electron chi connectivity index (χ1n) is 4.34. The summed E-state index contributed by atoms with van der Waals surface area (Å²) in [7, 11) is 0. The Hall–Kier alpha value is -1.16. The number of ether oxygens (including phenoxy) is 1. The van der Waals surface area contributed by atoms with Crippen LogP contribution in [0.4, 0.5) is 8.78 Å². The third-order valence-electron chi connectivity index (χ3n) is 1.80. The van der Waals surface area contributed by atoms with E-state index in [2.05, 4.69) is 0 Å². The van der Waals surface area contributed by atoms with E-state index in [1.165, 1.54) is 0 Å². The van der Waals surface area contributed by atoms with Crippen molar-refractivity contribution in [1.29, 1.82) is 0 Å². The molecule has 1 aromatic carbocycles. The molecule has 4 heteroatoms. The smallest absolute Gasteiger partial charge is 0.272 e. The lowest BCUT2D eigenvalue weighted by Crippen LogP contribution is -2.09. The summed E-state index contributed by atoms with van der Waals surface area (Å²) in [6, 6.07) is 5.31. The minimum absolute atomic E-state index is 0.292. The average molecular weight is 201 g/mol. The van der Waals surface area contributed by atoms with Crippen molar-refractivity contribution >= 4 is 0 Å². The zero-order valence-corrected chi connectivity index (χ0v) is 7.97. The summed E-state index contributed by atoms with van der Waals surface area (Å²) >= 11 is 0. The number of rotatable bonds is 4. The molecule has 0 fully saturated rings. The molecule has 0 aliphatic carbocycles. The maximum absolute atomic E-state index is 11.9. The summed E-state index contributed by atoms with van der Waals surface area (Å²) in [5, 5.41) is 0. The van der Waals surface area contributed by atoms with Gasteiger partial charge in [-0.25, -0.2) is 8.78 Å². The van der Waals surface area contributed by atoms with Gasteiger partial charge < -0.3 is 10.5 Å². The molecule has 1 aromatic rings. The first-order chi connectivity index (χ1) is 6.63. The zero-order valence-electron chi connectivity index (χ0n) is 7.97. The van der Waals surface area contributed by atoms with Crippen molar-refractivity contribution in [2.45, 2.75) is 19.9 Å². The molecular formula is C10H13F2NO. The van der Waals surface area contributed by atoms with E-state index >= 15 is 0 Å². The summed E-state index contributed by atoms with van der Waals surface area (Å²) < 4.78 is 28.7. The summed E-state index contributed by atoms with van der Waals surface area (Å²) in [6.45, 7) is 1.62. The molecule has 0 unspecified atom stereocenters. The fourth-order valence-electron chi connectivity index (χ4n) is 1.16. The number of halogens is 2. The van der Waals surface area contributed by atoms with Gasteiger partial charge in [0, 0.05) is 12.1 Å². The van der Waals surface area contributed by atoms with Gasteiger partial charge in [0.2, 0.25) is 0 Å². The first-order valence-corrected chi connectivity index (χ1v) is 4.34. The van der Waals surface area contributed by atoms with Crippen LogP contribution >= 0.6 is 0 Å². The molecule has 0 bridgehead atoms. The molecule has 14 heavy (non-hydrogen) atoms. The highest BCUT2D eigenvalue weighted by Gasteiger charge is 2.06. The van der Waals surface area contributed by atoms with Gasteiger partial charge in [0.15, 0.2) is 0 Å². The van der Waals surface area contributed by atoms with Gasteiger partial charge >= 0.3 is 0 Å². The van der Waals surface area contributed by atoms with Gasteiger partial charge in [-0.1, -0.05) is 17.7 Å². The molecule has 0 atom stereocenters. The Morgan fingerprint density at radius 3 is 2.71 bits per heavy atom. The summed E-state index contributed by atoms with van der Waals surface area (Å²) in [5.41, 5.74) is 7.25. The standard InChI is InChI=1S/C10H13F2NO/c1-7-2-3-9(8(4-7)5-13)14-6-10(11)12/h2-4,10H,5-6,13H2,1H3. The van der Waals surface area contributed by atoms with Crippen molar-refractivity contribution in [3.8, 4) is 5.75 Å². The fraction of sp³-hybridized carbons (Fsp3) is 0.400. The molecule has 0 saturated heterocycles. The van der Waals surface area contributed by atoms with Crippen LogP contribution in [-0.4, -0.2) is 13.0 Å². The van der Waals surface area contributed by atoms with E-state index < -0.39 is 13.0 Å². The van der Waals surface area contributed by atoms with Crippen LogP contribution < -0.4 is 10.5 Å². The molecule has 0 spiro atoms. The van der Waals surface area contributed by atoms with Gasteiger partial charge in [0.25, 0.3) is 6.43 Å². The Labute approximate surface area is 81.7 Å². The Morgan fingerprint density at radius 1 is 1.43 bits per heavy atom. The van der Waals surface area contributed by atoms with E-state index in [1.807, 2.05) is 13.0 Å². The van der Waals surface area contributed by atoms with Crippen molar-refractivity contribution in [3.05, 3.63) is 29.3 Å². The Balaban J connectivity index is 2.75. The van der Waals surface area contributed by atoms with E-state index in [0.717, 1.165) is 11.1 Å². The van der Waals surface area contributed by atoms with Gasteiger partial charge in [-0.2, -0.15) is 0 Å². The van der Waals surface area contributed by atoms with E-state index in [0.29, 0.717) is 12.3 Å². The number of nitrogens with two attached hydrogens (primary N) is 1. The number of hydrogen-bond acceptors (Lipinski definition) is 2. The third-order valence-corrected chi connectivity index (χ3v) is 1.80. The summed E-state index contributed by atoms with van der Waals surface area (Å²) in [5.74, 6) is 0.443. The Bertz CT molecular complexity index is 302. The second-order valence-corrected chi connectivity index (χ2v) is 3.02. The lowest BCUT2D eigenvalue weighted by Gasteiger charge is -2.10. The first kappa shape index (κ1) is 10.9. The monoisotopic (exact) mass is 201 g/mol. The van der Waals surface area contributed by atoms with Crippen LogP contribution in [0, 0.1) is 6.92 Å². The van der Waals surface area contributed by atoms with Crippen LogP contribution in [-0.2, 0) is 6.54 Å². The van der Waals surface area contributed by atoms with Gasteiger partial charge in [0.1, 0.15) is 12.4 Å². The number of benzene rings is 1. The predicted octanol–water partition coefficient (Wildman–Crippen LogP) is 2.10. The van der Waals surface area contributed by atoms with Gasteiger partial charge in [-0.05, 0) is 13.0 Å². The number of alkyl halides is 2. The maximum Gasteiger partial charge on any atom is 0.272 e. The van der Waals surface area contributed by atoms with Crippen molar-refractivity contribution in [1.82, 2.24) is 0 Å². The predicted molar refractivity (Wildman–Crippen MR) is 50.6 cm³/mol. The van der Waals surface area contributed by atoms with Crippen LogP contribution in [0.3, 0.4) is 0 Å². The third kappa shape index (κ3) is 2.96. The van der Waals surface area contributed by atoms with Crippen LogP contribution in [0.2, 0.25) is 0 Å². The molecular weight excluding hydrogens is 188 g/mol. The molecule has 0 aromatic heterocycles. The van der Waals surface area contributed by atoms with Crippen LogP contribution in [0.5, 0.6) is 5.75 Å². The molecule has 1 rings (SSSR count). The van der Waals surface area contributed by atoms with Gasteiger partial charge in [-0.15, -0.1) is 0 Å². The zero-order chi connectivity index (χ0) is 10.6. The minimum atomic E-state index is -2.46. The quantitative estimate of drug-likeness (QED) is 0.809. The van der Waals surface area contributed by atoms with Crippen molar-refractivity contribution in [2.75, 3.05) is 6.61 Å². The minimum Gasteiger partial charge on any atom is -0.487 e. The van der Waals surface area contributed by atoms with Crippen molar-refractivity contribution in [3.63, 3.8) is 0 Å². The largest absolute Gasteiger partial charge is 0.487 e. The second-order valence-electron chi connectivity index (χ2n) is 3.02. The normalized spacial score (nSPS) is 10.6. The van der Waals surface area contributed by atoms with Crippen LogP contribution in [0.15, 0.2) is 18.2 Å². The lowest BCUT2D eigenvalue weighted by atomic mass is 10.1. The number of aryl methyl sites for hydroxylation is 1. The highest BCUT2D eigenvalue weighted by Crippen LogP contribution is 2.19.